The predicted octanol–water partition coefficient (Wildman–Crippen LogP) is 4.04. The summed E-state index contributed by atoms with van der Waals surface area (Å²) in [7, 11) is 0. The fraction of sp³-hybridized carbons (Fsp3) is 0.250. The van der Waals surface area contributed by atoms with Crippen LogP contribution in [0.25, 0.3) is 0 Å². The van der Waals surface area contributed by atoms with E-state index in [0.717, 1.165) is 18.7 Å². The normalized spacial score (nSPS) is 10.5. The molecular formula is C16H18FNO. The van der Waals surface area contributed by atoms with E-state index in [1.54, 1.807) is 18.2 Å². The Bertz CT molecular complexity index is 554. The molecule has 0 aromatic heterocycles. The summed E-state index contributed by atoms with van der Waals surface area (Å²) in [6.45, 7) is 5.88. The van der Waals surface area contributed by atoms with Crippen LogP contribution in [0.2, 0.25) is 0 Å². The van der Waals surface area contributed by atoms with Crippen LogP contribution in [0.1, 0.15) is 18.1 Å². The van der Waals surface area contributed by atoms with Gasteiger partial charge in [-0.15, -0.1) is 0 Å². The van der Waals surface area contributed by atoms with Gasteiger partial charge in [0.25, 0.3) is 0 Å². The SMILES string of the molecule is CCNCc1ccc(Oc2ccccc2F)cc1C. The molecule has 2 rings (SSSR count). The quantitative estimate of drug-likeness (QED) is 0.875. The Morgan fingerprint density at radius 1 is 1.16 bits per heavy atom. The summed E-state index contributed by atoms with van der Waals surface area (Å²) in [4.78, 5) is 0. The average molecular weight is 259 g/mol. The van der Waals surface area contributed by atoms with Gasteiger partial charge in [0.2, 0.25) is 0 Å². The topological polar surface area (TPSA) is 21.3 Å². The number of hydrogen-bond donors (Lipinski definition) is 1. The number of aryl methyl sites for hydroxylation is 1. The van der Waals surface area contributed by atoms with Gasteiger partial charge in [-0.1, -0.05) is 25.1 Å². The molecule has 0 bridgehead atoms. The number of halogens is 1. The van der Waals surface area contributed by atoms with Crippen LogP contribution in [-0.2, 0) is 6.54 Å². The van der Waals surface area contributed by atoms with Crippen molar-refractivity contribution in [3.05, 3.63) is 59.4 Å². The Balaban J connectivity index is 2.14. The molecule has 0 saturated carbocycles. The monoisotopic (exact) mass is 259 g/mol. The zero-order chi connectivity index (χ0) is 13.7. The third kappa shape index (κ3) is 3.55. The van der Waals surface area contributed by atoms with Gasteiger partial charge < -0.3 is 10.1 Å². The Hall–Kier alpha value is -1.87. The number of benzene rings is 2. The highest BCUT2D eigenvalue weighted by Crippen LogP contribution is 2.25. The molecule has 0 fully saturated rings. The highest BCUT2D eigenvalue weighted by Gasteiger charge is 2.05. The van der Waals surface area contributed by atoms with Gasteiger partial charge in [0.1, 0.15) is 5.75 Å². The number of rotatable bonds is 5. The first-order chi connectivity index (χ1) is 9.20. The minimum absolute atomic E-state index is 0.251. The van der Waals surface area contributed by atoms with Crippen LogP contribution in [0.5, 0.6) is 11.5 Å². The lowest BCUT2D eigenvalue weighted by Crippen LogP contribution is -2.12. The molecule has 0 spiro atoms. The van der Waals surface area contributed by atoms with E-state index in [1.165, 1.54) is 11.6 Å². The Morgan fingerprint density at radius 3 is 2.63 bits per heavy atom. The molecule has 0 heterocycles. The summed E-state index contributed by atoms with van der Waals surface area (Å²) in [5.74, 6) is 0.557. The van der Waals surface area contributed by atoms with Gasteiger partial charge in [-0.2, -0.15) is 0 Å². The third-order valence-corrected chi connectivity index (χ3v) is 2.94. The molecule has 1 N–H and O–H groups in total. The van der Waals surface area contributed by atoms with Crippen LogP contribution in [0, 0.1) is 12.7 Å². The largest absolute Gasteiger partial charge is 0.454 e. The Labute approximate surface area is 113 Å². The Kier molecular flexibility index (Phi) is 4.53. The van der Waals surface area contributed by atoms with Crippen LogP contribution in [0.15, 0.2) is 42.5 Å². The zero-order valence-electron chi connectivity index (χ0n) is 11.2. The summed E-state index contributed by atoms with van der Waals surface area (Å²) in [6.07, 6.45) is 0. The molecule has 2 nitrogen and oxygen atoms in total. The molecular weight excluding hydrogens is 241 g/mol. The lowest BCUT2D eigenvalue weighted by Gasteiger charge is -2.10. The van der Waals surface area contributed by atoms with E-state index in [-0.39, 0.29) is 11.6 Å². The summed E-state index contributed by atoms with van der Waals surface area (Å²) in [5, 5.41) is 3.28. The molecule has 0 atom stereocenters. The van der Waals surface area contributed by atoms with Crippen molar-refractivity contribution in [1.82, 2.24) is 5.32 Å². The van der Waals surface area contributed by atoms with E-state index in [9.17, 15) is 4.39 Å². The number of ether oxygens (including phenoxy) is 1. The molecule has 0 unspecified atom stereocenters. The second-order valence-electron chi connectivity index (χ2n) is 4.40. The number of nitrogens with one attached hydrogen (secondary N) is 1. The smallest absolute Gasteiger partial charge is 0.165 e. The summed E-state index contributed by atoms with van der Waals surface area (Å²) in [5.41, 5.74) is 2.36. The van der Waals surface area contributed by atoms with Gasteiger partial charge in [0.05, 0.1) is 0 Å². The van der Waals surface area contributed by atoms with E-state index < -0.39 is 0 Å². The third-order valence-electron chi connectivity index (χ3n) is 2.94. The van der Waals surface area contributed by atoms with Crippen LogP contribution in [-0.4, -0.2) is 6.54 Å². The molecule has 2 aromatic carbocycles. The lowest BCUT2D eigenvalue weighted by molar-refractivity contribution is 0.442. The fourth-order valence-corrected chi connectivity index (χ4v) is 1.84. The van der Waals surface area contributed by atoms with Gasteiger partial charge in [-0.25, -0.2) is 4.39 Å². The van der Waals surface area contributed by atoms with Crippen LogP contribution >= 0.6 is 0 Å². The van der Waals surface area contributed by atoms with Crippen molar-refractivity contribution in [3.8, 4) is 11.5 Å². The van der Waals surface area contributed by atoms with Crippen molar-refractivity contribution in [2.75, 3.05) is 6.54 Å². The first-order valence-corrected chi connectivity index (χ1v) is 6.43. The van der Waals surface area contributed by atoms with Crippen LogP contribution in [0.3, 0.4) is 0 Å². The molecule has 19 heavy (non-hydrogen) atoms. The Morgan fingerprint density at radius 2 is 1.95 bits per heavy atom. The minimum Gasteiger partial charge on any atom is -0.454 e. The molecule has 0 aliphatic carbocycles. The van der Waals surface area contributed by atoms with Gasteiger partial charge >= 0.3 is 0 Å². The second-order valence-corrected chi connectivity index (χ2v) is 4.40. The van der Waals surface area contributed by atoms with Crippen molar-refractivity contribution < 1.29 is 9.13 Å². The summed E-state index contributed by atoms with van der Waals surface area (Å²) >= 11 is 0. The van der Waals surface area contributed by atoms with Crippen molar-refractivity contribution in [1.29, 1.82) is 0 Å². The first-order valence-electron chi connectivity index (χ1n) is 6.43. The fourth-order valence-electron chi connectivity index (χ4n) is 1.84. The zero-order valence-corrected chi connectivity index (χ0v) is 11.2. The van der Waals surface area contributed by atoms with Gasteiger partial charge in [-0.05, 0) is 48.9 Å². The molecule has 3 heteroatoms. The lowest BCUT2D eigenvalue weighted by atomic mass is 10.1. The minimum atomic E-state index is -0.350. The predicted molar refractivity (Wildman–Crippen MR) is 75.0 cm³/mol. The van der Waals surface area contributed by atoms with Crippen LogP contribution < -0.4 is 10.1 Å². The van der Waals surface area contributed by atoms with Gasteiger partial charge in [-0.3, -0.25) is 0 Å². The van der Waals surface area contributed by atoms with Crippen LogP contribution in [0.4, 0.5) is 4.39 Å². The van der Waals surface area contributed by atoms with Crippen molar-refractivity contribution in [2.45, 2.75) is 20.4 Å². The molecule has 0 saturated heterocycles. The highest BCUT2D eigenvalue weighted by molar-refractivity contribution is 5.38. The molecule has 0 aliphatic rings. The second kappa shape index (κ2) is 6.34. The number of para-hydroxylation sites is 1. The maximum Gasteiger partial charge on any atom is 0.165 e. The maximum absolute atomic E-state index is 13.5. The molecule has 0 radical (unpaired) electrons. The molecule has 100 valence electrons. The molecule has 2 aromatic rings. The summed E-state index contributed by atoms with van der Waals surface area (Å²) in [6, 6.07) is 12.2. The van der Waals surface area contributed by atoms with Crippen molar-refractivity contribution in [3.63, 3.8) is 0 Å². The molecule has 0 aliphatic heterocycles. The van der Waals surface area contributed by atoms with Gasteiger partial charge in [0, 0.05) is 6.54 Å². The molecule has 0 amide bonds. The van der Waals surface area contributed by atoms with Gasteiger partial charge in [0.15, 0.2) is 11.6 Å². The van der Waals surface area contributed by atoms with E-state index >= 15 is 0 Å². The standard InChI is InChI=1S/C16H18FNO/c1-3-18-11-13-8-9-14(10-12(13)2)19-16-7-5-4-6-15(16)17/h4-10,18H,3,11H2,1-2H3. The summed E-state index contributed by atoms with van der Waals surface area (Å²) < 4.78 is 19.0. The maximum atomic E-state index is 13.5. The van der Waals surface area contributed by atoms with E-state index in [2.05, 4.69) is 12.2 Å². The number of hydrogen-bond acceptors (Lipinski definition) is 2. The van der Waals surface area contributed by atoms with E-state index in [0.29, 0.717) is 5.75 Å². The average Bonchev–Trinajstić information content (AvgIpc) is 2.40. The van der Waals surface area contributed by atoms with E-state index in [4.69, 9.17) is 4.74 Å². The van der Waals surface area contributed by atoms with Crippen molar-refractivity contribution in [2.24, 2.45) is 0 Å². The van der Waals surface area contributed by atoms with Crippen molar-refractivity contribution >= 4 is 0 Å². The highest BCUT2D eigenvalue weighted by atomic mass is 19.1. The first kappa shape index (κ1) is 13.6. The van der Waals surface area contributed by atoms with E-state index in [1.807, 2.05) is 25.1 Å².